The molecule has 1 fully saturated rings. The Labute approximate surface area is 237 Å². The van der Waals surface area contributed by atoms with Gasteiger partial charge in [0.1, 0.15) is 17.6 Å². The predicted octanol–water partition coefficient (Wildman–Crippen LogP) is 7.27. The molecule has 0 unspecified atom stereocenters. The number of carbonyl (C=O) groups is 1. The van der Waals surface area contributed by atoms with Crippen molar-refractivity contribution in [3.8, 4) is 11.3 Å². The smallest absolute Gasteiger partial charge is 0.226 e. The Hall–Kier alpha value is -3.39. The van der Waals surface area contributed by atoms with Crippen molar-refractivity contribution >= 4 is 52.1 Å². The van der Waals surface area contributed by atoms with Gasteiger partial charge in [0.15, 0.2) is 5.11 Å². The van der Waals surface area contributed by atoms with Crippen LogP contribution in [0.5, 0.6) is 0 Å². The summed E-state index contributed by atoms with van der Waals surface area (Å²) >= 11 is 18.1. The molecule has 3 heterocycles. The maximum atomic E-state index is 12.9. The molecule has 194 valence electrons. The highest BCUT2D eigenvalue weighted by Crippen LogP contribution is 2.41. The lowest BCUT2D eigenvalue weighted by atomic mass is 10.0. The average molecular weight is 566 g/mol. The molecule has 1 saturated heterocycles. The van der Waals surface area contributed by atoms with E-state index in [2.05, 4.69) is 15.6 Å². The normalized spacial score (nSPS) is 16.9. The Kier molecular flexibility index (Phi) is 7.70. The first-order chi connectivity index (χ1) is 18.3. The van der Waals surface area contributed by atoms with Crippen LogP contribution in [0, 0.1) is 13.8 Å². The van der Waals surface area contributed by atoms with E-state index < -0.39 is 0 Å². The van der Waals surface area contributed by atoms with E-state index in [1.54, 1.807) is 18.3 Å². The van der Waals surface area contributed by atoms with Crippen molar-refractivity contribution in [1.29, 1.82) is 0 Å². The Morgan fingerprint density at radius 2 is 1.92 bits per heavy atom. The zero-order valence-electron chi connectivity index (χ0n) is 20.9. The van der Waals surface area contributed by atoms with Crippen molar-refractivity contribution < 1.29 is 9.21 Å². The Balaban J connectivity index is 1.40. The van der Waals surface area contributed by atoms with Gasteiger partial charge < -0.3 is 20.0 Å². The van der Waals surface area contributed by atoms with Crippen LogP contribution in [-0.4, -0.2) is 27.4 Å². The molecule has 38 heavy (non-hydrogen) atoms. The standard InChI is InChI=1S/C29H26Cl2N4O2S/c1-17-6-7-18(2)23(15-17)33-26(36)12-14-35-28(27(34-29(35)38)22-5-3-4-13-32-22)25-11-10-24(37-25)19-8-9-20(30)21(31)16-19/h3-11,13,15-16,27-28H,12,14H2,1-2H3,(H,33,36)(H,34,38)/t27-,28-/m0/s1. The van der Waals surface area contributed by atoms with Gasteiger partial charge >= 0.3 is 0 Å². The van der Waals surface area contributed by atoms with Crippen LogP contribution in [-0.2, 0) is 4.79 Å². The van der Waals surface area contributed by atoms with E-state index >= 15 is 0 Å². The molecule has 1 aliphatic rings. The van der Waals surface area contributed by atoms with Gasteiger partial charge in [-0.15, -0.1) is 0 Å². The molecule has 4 aromatic rings. The lowest BCUT2D eigenvalue weighted by Crippen LogP contribution is -2.32. The number of hydrogen-bond acceptors (Lipinski definition) is 4. The molecule has 0 saturated carbocycles. The lowest BCUT2D eigenvalue weighted by molar-refractivity contribution is -0.116. The van der Waals surface area contributed by atoms with Crippen molar-refractivity contribution in [2.45, 2.75) is 32.4 Å². The molecule has 6 nitrogen and oxygen atoms in total. The number of nitrogens with zero attached hydrogens (tertiary/aromatic N) is 2. The fourth-order valence-corrected chi connectivity index (χ4v) is 5.21. The summed E-state index contributed by atoms with van der Waals surface area (Å²) in [6, 6.07) is 20.4. The summed E-state index contributed by atoms with van der Waals surface area (Å²) in [6.45, 7) is 4.38. The molecular weight excluding hydrogens is 539 g/mol. The minimum atomic E-state index is -0.303. The number of benzene rings is 2. The van der Waals surface area contributed by atoms with Gasteiger partial charge in [-0.05, 0) is 85.7 Å². The van der Waals surface area contributed by atoms with Crippen molar-refractivity contribution in [1.82, 2.24) is 15.2 Å². The fraction of sp³-hybridized carbons (Fsp3) is 0.207. The number of halogens is 2. The summed E-state index contributed by atoms with van der Waals surface area (Å²) in [4.78, 5) is 19.5. The lowest BCUT2D eigenvalue weighted by Gasteiger charge is -2.26. The van der Waals surface area contributed by atoms with Crippen molar-refractivity contribution in [2.24, 2.45) is 0 Å². The predicted molar refractivity (Wildman–Crippen MR) is 155 cm³/mol. The van der Waals surface area contributed by atoms with Crippen molar-refractivity contribution in [3.63, 3.8) is 0 Å². The first-order valence-electron chi connectivity index (χ1n) is 12.2. The second-order valence-electron chi connectivity index (χ2n) is 9.27. The van der Waals surface area contributed by atoms with E-state index in [1.165, 1.54) is 0 Å². The number of aryl methyl sites for hydroxylation is 2. The van der Waals surface area contributed by atoms with Gasteiger partial charge in [0.05, 0.1) is 21.8 Å². The van der Waals surface area contributed by atoms with Gasteiger partial charge in [-0.25, -0.2) is 0 Å². The van der Waals surface area contributed by atoms with Crippen LogP contribution in [0.4, 0.5) is 5.69 Å². The molecule has 2 atom stereocenters. The first-order valence-corrected chi connectivity index (χ1v) is 13.4. The number of aromatic nitrogens is 1. The minimum absolute atomic E-state index is 0.0857. The topological polar surface area (TPSA) is 70.4 Å². The summed E-state index contributed by atoms with van der Waals surface area (Å²) in [7, 11) is 0. The molecule has 2 aromatic heterocycles. The van der Waals surface area contributed by atoms with Gasteiger partial charge in [-0.2, -0.15) is 0 Å². The van der Waals surface area contributed by atoms with E-state index in [0.717, 1.165) is 28.1 Å². The molecule has 2 N–H and O–H groups in total. The van der Waals surface area contributed by atoms with Crippen LogP contribution in [0.1, 0.15) is 41.1 Å². The molecule has 0 spiro atoms. The highest BCUT2D eigenvalue weighted by atomic mass is 35.5. The highest BCUT2D eigenvalue weighted by molar-refractivity contribution is 7.80. The van der Waals surface area contributed by atoms with Crippen molar-refractivity contribution in [2.75, 3.05) is 11.9 Å². The monoisotopic (exact) mass is 564 g/mol. The quantitative estimate of drug-likeness (QED) is 0.230. The molecule has 2 aromatic carbocycles. The summed E-state index contributed by atoms with van der Waals surface area (Å²) in [6.07, 6.45) is 2.00. The van der Waals surface area contributed by atoms with E-state index in [0.29, 0.717) is 33.2 Å². The molecule has 9 heteroatoms. The highest BCUT2D eigenvalue weighted by Gasteiger charge is 2.41. The number of amides is 1. The average Bonchev–Trinajstić information content (AvgIpc) is 3.51. The van der Waals surface area contributed by atoms with Gasteiger partial charge in [0.2, 0.25) is 5.91 Å². The maximum Gasteiger partial charge on any atom is 0.226 e. The van der Waals surface area contributed by atoms with Crippen LogP contribution in [0.25, 0.3) is 11.3 Å². The van der Waals surface area contributed by atoms with Crippen LogP contribution in [0.15, 0.2) is 77.3 Å². The Morgan fingerprint density at radius 1 is 1.08 bits per heavy atom. The number of rotatable bonds is 7. The first kappa shape index (κ1) is 26.2. The molecule has 1 aliphatic heterocycles. The second-order valence-corrected chi connectivity index (χ2v) is 10.5. The number of thiocarbonyl (C=S) groups is 1. The number of anilines is 1. The van der Waals surface area contributed by atoms with Crippen LogP contribution in [0.2, 0.25) is 10.0 Å². The zero-order chi connectivity index (χ0) is 26.8. The Bertz CT molecular complexity index is 1490. The summed E-state index contributed by atoms with van der Waals surface area (Å²) in [5.41, 5.74) is 4.56. The summed E-state index contributed by atoms with van der Waals surface area (Å²) < 4.78 is 6.34. The van der Waals surface area contributed by atoms with E-state index in [9.17, 15) is 4.79 Å². The van der Waals surface area contributed by atoms with E-state index in [-0.39, 0.29) is 24.4 Å². The molecule has 1 amide bonds. The molecular formula is C29H26Cl2N4O2S. The molecule has 5 rings (SSSR count). The van der Waals surface area contributed by atoms with Gasteiger partial charge in [0, 0.05) is 30.4 Å². The third kappa shape index (κ3) is 5.55. The van der Waals surface area contributed by atoms with Crippen molar-refractivity contribution in [3.05, 3.63) is 106 Å². The molecule has 0 radical (unpaired) electrons. The maximum absolute atomic E-state index is 12.9. The third-order valence-electron chi connectivity index (χ3n) is 6.57. The van der Waals surface area contributed by atoms with Crippen LogP contribution >= 0.6 is 35.4 Å². The second kappa shape index (κ2) is 11.2. The van der Waals surface area contributed by atoms with E-state index in [1.807, 2.05) is 73.3 Å². The van der Waals surface area contributed by atoms with E-state index in [4.69, 9.17) is 39.8 Å². The summed E-state index contributed by atoms with van der Waals surface area (Å²) in [5, 5.41) is 7.90. The number of nitrogens with one attached hydrogen (secondary N) is 2. The SMILES string of the molecule is Cc1ccc(C)c(NC(=O)CCN2C(=S)N[C@@H](c3ccccn3)[C@@H]2c2ccc(-c3ccc(Cl)c(Cl)c3)o2)c1. The zero-order valence-corrected chi connectivity index (χ0v) is 23.2. The van der Waals surface area contributed by atoms with Gasteiger partial charge in [-0.3, -0.25) is 9.78 Å². The van der Waals surface area contributed by atoms with Gasteiger partial charge in [0.25, 0.3) is 0 Å². The van der Waals surface area contributed by atoms with Crippen LogP contribution < -0.4 is 10.6 Å². The number of carbonyl (C=O) groups excluding carboxylic acids is 1. The molecule has 0 aliphatic carbocycles. The number of hydrogen-bond donors (Lipinski definition) is 2. The largest absolute Gasteiger partial charge is 0.459 e. The number of pyridine rings is 1. The minimum Gasteiger partial charge on any atom is -0.459 e. The molecule has 0 bridgehead atoms. The van der Waals surface area contributed by atoms with Crippen LogP contribution in [0.3, 0.4) is 0 Å². The third-order valence-corrected chi connectivity index (χ3v) is 7.66. The fourth-order valence-electron chi connectivity index (χ4n) is 4.58. The Morgan fingerprint density at radius 3 is 2.68 bits per heavy atom. The number of furan rings is 1. The summed E-state index contributed by atoms with van der Waals surface area (Å²) in [5.74, 6) is 1.27. The van der Waals surface area contributed by atoms with Gasteiger partial charge in [-0.1, -0.05) is 41.4 Å².